The predicted octanol–water partition coefficient (Wildman–Crippen LogP) is 2.72. The Kier molecular flexibility index (Phi) is 3.74. The molecular weight excluding hydrogens is 168 g/mol. The molecule has 64 valence electrons. The van der Waals surface area contributed by atoms with Crippen LogP contribution in [0.2, 0.25) is 0 Å². The summed E-state index contributed by atoms with van der Waals surface area (Å²) in [7, 11) is -0.964. The first-order chi connectivity index (χ1) is 5.84. The second-order valence-electron chi connectivity index (χ2n) is 2.39. The molecule has 0 aliphatic carbocycles. The average molecular weight is 180 g/mol. The van der Waals surface area contributed by atoms with Crippen molar-refractivity contribution < 1.29 is 4.21 Å². The van der Waals surface area contributed by atoms with Gasteiger partial charge in [-0.25, -0.2) is 4.21 Å². The highest BCUT2D eigenvalue weighted by molar-refractivity contribution is 7.88. The van der Waals surface area contributed by atoms with Crippen molar-refractivity contribution in [1.29, 1.82) is 0 Å². The Morgan fingerprint density at radius 1 is 1.33 bits per heavy atom. The van der Waals surface area contributed by atoms with E-state index in [9.17, 15) is 4.21 Å². The maximum Gasteiger partial charge on any atom is 0.0772 e. The summed E-state index contributed by atoms with van der Waals surface area (Å²) >= 11 is 0. The highest BCUT2D eigenvalue weighted by Crippen LogP contribution is 2.06. The summed E-state index contributed by atoms with van der Waals surface area (Å²) in [5.74, 6) is 0. The van der Waals surface area contributed by atoms with Crippen molar-refractivity contribution in [2.45, 2.75) is 18.2 Å². The minimum atomic E-state index is -0.964. The van der Waals surface area contributed by atoms with E-state index >= 15 is 0 Å². The lowest BCUT2D eigenvalue weighted by Gasteiger charge is -1.93. The Morgan fingerprint density at radius 3 is 2.58 bits per heavy atom. The quantitative estimate of drug-likeness (QED) is 0.699. The SMILES string of the molecule is CC/C=C/S(=O)c1ccccc1. The van der Waals surface area contributed by atoms with Crippen molar-refractivity contribution in [2.24, 2.45) is 0 Å². The highest BCUT2D eigenvalue weighted by Gasteiger charge is 1.95. The van der Waals surface area contributed by atoms with Crippen molar-refractivity contribution in [3.63, 3.8) is 0 Å². The molecule has 0 amide bonds. The number of hydrogen-bond acceptors (Lipinski definition) is 1. The molecule has 0 bridgehead atoms. The first-order valence-corrected chi connectivity index (χ1v) is 5.18. The van der Waals surface area contributed by atoms with Crippen LogP contribution < -0.4 is 0 Å². The number of hydrogen-bond donors (Lipinski definition) is 0. The summed E-state index contributed by atoms with van der Waals surface area (Å²) < 4.78 is 11.4. The van der Waals surface area contributed by atoms with E-state index in [2.05, 4.69) is 0 Å². The molecule has 0 spiro atoms. The zero-order valence-corrected chi connectivity index (χ0v) is 7.88. The van der Waals surface area contributed by atoms with Gasteiger partial charge in [0.05, 0.1) is 10.8 Å². The molecule has 0 saturated heterocycles. The number of allylic oxidation sites excluding steroid dienone is 1. The normalized spacial score (nSPS) is 13.4. The van der Waals surface area contributed by atoms with E-state index < -0.39 is 10.8 Å². The number of benzene rings is 1. The molecule has 0 radical (unpaired) electrons. The molecule has 2 heteroatoms. The van der Waals surface area contributed by atoms with E-state index in [0.717, 1.165) is 11.3 Å². The molecule has 1 atom stereocenters. The van der Waals surface area contributed by atoms with E-state index in [1.807, 2.05) is 43.3 Å². The lowest BCUT2D eigenvalue weighted by Crippen LogP contribution is -1.84. The van der Waals surface area contributed by atoms with E-state index in [4.69, 9.17) is 0 Å². The molecule has 0 heterocycles. The molecule has 0 N–H and O–H groups in total. The van der Waals surface area contributed by atoms with Gasteiger partial charge in [-0.3, -0.25) is 0 Å². The Labute approximate surface area is 75.6 Å². The Hall–Kier alpha value is -0.890. The van der Waals surface area contributed by atoms with Gasteiger partial charge in [0.2, 0.25) is 0 Å². The lowest BCUT2D eigenvalue weighted by atomic mass is 10.4. The summed E-state index contributed by atoms with van der Waals surface area (Å²) in [6.07, 6.45) is 2.85. The molecule has 0 aliphatic rings. The summed E-state index contributed by atoms with van der Waals surface area (Å²) in [6.45, 7) is 2.03. The highest BCUT2D eigenvalue weighted by atomic mass is 32.2. The fourth-order valence-corrected chi connectivity index (χ4v) is 1.77. The Balaban J connectivity index is 2.72. The standard InChI is InChI=1S/C10H12OS/c1-2-3-9-12(11)10-7-5-4-6-8-10/h3-9H,2H2,1H3/b9-3+. The predicted molar refractivity (Wildman–Crippen MR) is 52.3 cm³/mol. The zero-order valence-electron chi connectivity index (χ0n) is 7.07. The van der Waals surface area contributed by atoms with Crippen LogP contribution in [-0.4, -0.2) is 4.21 Å². The van der Waals surface area contributed by atoms with Gasteiger partial charge in [-0.1, -0.05) is 31.2 Å². The van der Waals surface area contributed by atoms with Crippen molar-refractivity contribution >= 4 is 10.8 Å². The molecule has 0 aliphatic heterocycles. The van der Waals surface area contributed by atoms with Gasteiger partial charge in [-0.05, 0) is 18.6 Å². The fraction of sp³-hybridized carbons (Fsp3) is 0.200. The third kappa shape index (κ3) is 2.62. The zero-order chi connectivity index (χ0) is 8.81. The van der Waals surface area contributed by atoms with Crippen molar-refractivity contribution in [1.82, 2.24) is 0 Å². The van der Waals surface area contributed by atoms with Crippen LogP contribution in [0.4, 0.5) is 0 Å². The van der Waals surface area contributed by atoms with E-state index in [1.165, 1.54) is 0 Å². The van der Waals surface area contributed by atoms with E-state index in [1.54, 1.807) is 5.41 Å². The maximum absolute atomic E-state index is 11.4. The second-order valence-corrected chi connectivity index (χ2v) is 3.73. The van der Waals surface area contributed by atoms with Crippen LogP contribution in [0.3, 0.4) is 0 Å². The minimum absolute atomic E-state index is 0.863. The first-order valence-electron chi connectivity index (χ1n) is 3.97. The summed E-state index contributed by atoms with van der Waals surface area (Å²) in [5.41, 5.74) is 0. The van der Waals surface area contributed by atoms with Crippen molar-refractivity contribution in [3.8, 4) is 0 Å². The van der Waals surface area contributed by atoms with Gasteiger partial charge in [-0.15, -0.1) is 0 Å². The topological polar surface area (TPSA) is 17.1 Å². The molecule has 0 fully saturated rings. The van der Waals surface area contributed by atoms with Gasteiger partial charge in [0.1, 0.15) is 0 Å². The van der Waals surface area contributed by atoms with Gasteiger partial charge in [-0.2, -0.15) is 0 Å². The second kappa shape index (κ2) is 4.88. The van der Waals surface area contributed by atoms with Crippen molar-refractivity contribution in [2.75, 3.05) is 0 Å². The van der Waals surface area contributed by atoms with Crippen LogP contribution in [0, 0.1) is 0 Å². The lowest BCUT2D eigenvalue weighted by molar-refractivity contribution is 0.688. The van der Waals surface area contributed by atoms with Gasteiger partial charge >= 0.3 is 0 Å². The van der Waals surface area contributed by atoms with Crippen molar-refractivity contribution in [3.05, 3.63) is 41.8 Å². The molecule has 1 rings (SSSR count). The third-order valence-corrected chi connectivity index (χ3v) is 2.61. The monoisotopic (exact) mass is 180 g/mol. The van der Waals surface area contributed by atoms with Crippen LogP contribution in [-0.2, 0) is 10.8 Å². The van der Waals surface area contributed by atoms with Gasteiger partial charge in [0.15, 0.2) is 0 Å². The fourth-order valence-electron chi connectivity index (χ4n) is 0.817. The first kappa shape index (κ1) is 9.20. The maximum atomic E-state index is 11.4. The summed E-state index contributed by atoms with van der Waals surface area (Å²) in [6, 6.07) is 9.45. The molecule has 0 saturated carbocycles. The minimum Gasteiger partial charge on any atom is -0.250 e. The van der Waals surface area contributed by atoms with Gasteiger partial charge in [0, 0.05) is 10.3 Å². The third-order valence-electron chi connectivity index (χ3n) is 1.43. The van der Waals surface area contributed by atoms with E-state index in [-0.39, 0.29) is 0 Å². The molecule has 1 unspecified atom stereocenters. The molecule has 1 aromatic carbocycles. The molecule has 1 aromatic rings. The molecular formula is C10H12OS. The Morgan fingerprint density at radius 2 is 2.00 bits per heavy atom. The van der Waals surface area contributed by atoms with Gasteiger partial charge < -0.3 is 0 Å². The molecule has 12 heavy (non-hydrogen) atoms. The summed E-state index contributed by atoms with van der Waals surface area (Å²) in [4.78, 5) is 0.863. The van der Waals surface area contributed by atoms with Gasteiger partial charge in [0.25, 0.3) is 0 Å². The molecule has 0 aromatic heterocycles. The largest absolute Gasteiger partial charge is 0.250 e. The van der Waals surface area contributed by atoms with Crippen LogP contribution in [0.5, 0.6) is 0 Å². The van der Waals surface area contributed by atoms with Crippen LogP contribution in [0.25, 0.3) is 0 Å². The van der Waals surface area contributed by atoms with Crippen LogP contribution >= 0.6 is 0 Å². The van der Waals surface area contributed by atoms with Crippen LogP contribution in [0.15, 0.2) is 46.7 Å². The summed E-state index contributed by atoms with van der Waals surface area (Å²) in [5, 5.41) is 1.73. The number of rotatable bonds is 3. The molecule has 1 nitrogen and oxygen atoms in total. The van der Waals surface area contributed by atoms with E-state index in [0.29, 0.717) is 0 Å². The Bertz CT molecular complexity index is 277. The van der Waals surface area contributed by atoms with Crippen LogP contribution in [0.1, 0.15) is 13.3 Å². The smallest absolute Gasteiger partial charge is 0.0772 e. The average Bonchev–Trinajstić information content (AvgIpc) is 2.15.